The quantitative estimate of drug-likeness (QED) is 0.586. The maximum atomic E-state index is 8.84. The van der Waals surface area contributed by atoms with E-state index in [0.717, 1.165) is 0 Å². The molecule has 0 unspecified atom stereocenters. The molecule has 2 rings (SSSR count). The van der Waals surface area contributed by atoms with Crippen LogP contribution in [-0.2, 0) is 6.73 Å². The van der Waals surface area contributed by atoms with Crippen LogP contribution in [0.4, 0.5) is 5.82 Å². The van der Waals surface area contributed by atoms with Gasteiger partial charge in [0.05, 0.1) is 6.33 Å². The smallest absolute Gasteiger partial charge is 0.167 e. The zero-order valence-electron chi connectivity index (χ0n) is 6.18. The van der Waals surface area contributed by atoms with Gasteiger partial charge in [-0.1, -0.05) is 0 Å². The molecule has 3 N–H and O–H groups in total. The number of fused-ring (bicyclic) bond motifs is 1. The van der Waals surface area contributed by atoms with E-state index in [1.165, 1.54) is 17.2 Å². The van der Waals surface area contributed by atoms with E-state index >= 15 is 0 Å². The molecule has 6 heteroatoms. The van der Waals surface area contributed by atoms with Crippen LogP contribution in [0.5, 0.6) is 0 Å². The second-order valence-electron chi connectivity index (χ2n) is 2.29. The predicted molar refractivity (Wildman–Crippen MR) is 42.0 cm³/mol. The van der Waals surface area contributed by atoms with Crippen LogP contribution in [0, 0.1) is 0 Å². The molecule has 0 bridgehead atoms. The number of anilines is 1. The Kier molecular flexibility index (Phi) is 1.41. The Morgan fingerprint density at radius 3 is 3.00 bits per heavy atom. The highest BCUT2D eigenvalue weighted by atomic mass is 16.3. The van der Waals surface area contributed by atoms with E-state index in [0.29, 0.717) is 17.0 Å². The maximum Gasteiger partial charge on any atom is 0.167 e. The van der Waals surface area contributed by atoms with E-state index in [-0.39, 0.29) is 6.73 Å². The van der Waals surface area contributed by atoms with Crippen molar-refractivity contribution in [2.24, 2.45) is 0 Å². The van der Waals surface area contributed by atoms with Crippen molar-refractivity contribution in [3.05, 3.63) is 12.7 Å². The SMILES string of the molecule is Nc1ncnc2c1ncn2CO. The summed E-state index contributed by atoms with van der Waals surface area (Å²) in [6.45, 7) is -0.160. The van der Waals surface area contributed by atoms with Gasteiger partial charge >= 0.3 is 0 Å². The van der Waals surface area contributed by atoms with Gasteiger partial charge in [-0.3, -0.25) is 4.57 Å². The number of nitrogens with zero attached hydrogens (tertiary/aromatic N) is 4. The highest BCUT2D eigenvalue weighted by molar-refractivity contribution is 5.80. The summed E-state index contributed by atoms with van der Waals surface area (Å²) in [5.41, 5.74) is 6.58. The summed E-state index contributed by atoms with van der Waals surface area (Å²) in [5, 5.41) is 8.84. The minimum atomic E-state index is -0.160. The average Bonchev–Trinajstić information content (AvgIpc) is 2.49. The zero-order chi connectivity index (χ0) is 8.55. The molecule has 62 valence electrons. The first-order valence-electron chi connectivity index (χ1n) is 3.35. The molecule has 2 aromatic heterocycles. The van der Waals surface area contributed by atoms with Crippen LogP contribution in [0.3, 0.4) is 0 Å². The van der Waals surface area contributed by atoms with E-state index in [1.807, 2.05) is 0 Å². The van der Waals surface area contributed by atoms with Gasteiger partial charge in [0.1, 0.15) is 18.6 Å². The lowest BCUT2D eigenvalue weighted by Crippen LogP contribution is -1.97. The largest absolute Gasteiger partial charge is 0.382 e. The number of hydrogen-bond acceptors (Lipinski definition) is 5. The van der Waals surface area contributed by atoms with Gasteiger partial charge in [0.2, 0.25) is 0 Å². The molecule has 12 heavy (non-hydrogen) atoms. The number of nitrogen functional groups attached to an aromatic ring is 1. The standard InChI is InChI=1S/C6H7N5O/c7-5-4-6(9-1-8-5)11(3-12)2-10-4/h1-2,12H,3H2,(H2,7,8,9). The second kappa shape index (κ2) is 2.42. The second-order valence-corrected chi connectivity index (χ2v) is 2.29. The van der Waals surface area contributed by atoms with Gasteiger partial charge in [0.15, 0.2) is 11.5 Å². The monoisotopic (exact) mass is 165 g/mol. The van der Waals surface area contributed by atoms with Crippen molar-refractivity contribution in [1.29, 1.82) is 0 Å². The minimum Gasteiger partial charge on any atom is -0.382 e. The van der Waals surface area contributed by atoms with E-state index in [1.54, 1.807) is 0 Å². The van der Waals surface area contributed by atoms with Crippen LogP contribution in [0.1, 0.15) is 0 Å². The predicted octanol–water partition coefficient (Wildman–Crippen LogP) is -0.642. The summed E-state index contributed by atoms with van der Waals surface area (Å²) in [6, 6.07) is 0. The van der Waals surface area contributed by atoms with Gasteiger partial charge in [-0.25, -0.2) is 15.0 Å². The molecule has 2 heterocycles. The summed E-state index contributed by atoms with van der Waals surface area (Å²) in [6.07, 6.45) is 2.81. The number of imidazole rings is 1. The lowest BCUT2D eigenvalue weighted by molar-refractivity contribution is 0.214. The number of rotatable bonds is 1. The van der Waals surface area contributed by atoms with Crippen LogP contribution >= 0.6 is 0 Å². The van der Waals surface area contributed by atoms with Gasteiger partial charge < -0.3 is 10.8 Å². The molecular formula is C6H7N5O. The van der Waals surface area contributed by atoms with Crippen molar-refractivity contribution in [3.63, 3.8) is 0 Å². The number of aliphatic hydroxyl groups excluding tert-OH is 1. The van der Waals surface area contributed by atoms with Gasteiger partial charge in [-0.15, -0.1) is 0 Å². The van der Waals surface area contributed by atoms with Crippen molar-refractivity contribution in [2.75, 3.05) is 5.73 Å². The molecule has 6 nitrogen and oxygen atoms in total. The van der Waals surface area contributed by atoms with Crippen LogP contribution < -0.4 is 5.73 Å². The highest BCUT2D eigenvalue weighted by Gasteiger charge is 2.05. The molecule has 0 aromatic carbocycles. The molecule has 0 fully saturated rings. The third kappa shape index (κ3) is 0.817. The number of nitrogens with two attached hydrogens (primary N) is 1. The molecule has 0 saturated heterocycles. The first kappa shape index (κ1) is 6.99. The van der Waals surface area contributed by atoms with Crippen molar-refractivity contribution < 1.29 is 5.11 Å². The lowest BCUT2D eigenvalue weighted by atomic mass is 10.5. The summed E-state index contributed by atoms with van der Waals surface area (Å²) < 4.78 is 1.48. The first-order chi connectivity index (χ1) is 5.83. The van der Waals surface area contributed by atoms with E-state index in [9.17, 15) is 0 Å². The topological polar surface area (TPSA) is 89.9 Å². The molecule has 2 aromatic rings. The Balaban J connectivity index is 2.80. The lowest BCUT2D eigenvalue weighted by Gasteiger charge is -1.96. The van der Waals surface area contributed by atoms with E-state index in [2.05, 4.69) is 15.0 Å². The van der Waals surface area contributed by atoms with Crippen molar-refractivity contribution in [1.82, 2.24) is 19.5 Å². The fraction of sp³-hybridized carbons (Fsp3) is 0.167. The molecule has 0 amide bonds. The molecule has 0 atom stereocenters. The number of aliphatic hydroxyl groups is 1. The van der Waals surface area contributed by atoms with Crippen LogP contribution in [0.25, 0.3) is 11.2 Å². The van der Waals surface area contributed by atoms with Gasteiger partial charge in [-0.05, 0) is 0 Å². The Bertz CT molecular complexity index is 409. The van der Waals surface area contributed by atoms with E-state index < -0.39 is 0 Å². The van der Waals surface area contributed by atoms with Gasteiger partial charge in [-0.2, -0.15) is 0 Å². The van der Waals surface area contributed by atoms with Crippen molar-refractivity contribution in [2.45, 2.75) is 6.73 Å². The van der Waals surface area contributed by atoms with Gasteiger partial charge in [0, 0.05) is 0 Å². The number of hydrogen-bond donors (Lipinski definition) is 2. The molecule has 0 aliphatic rings. The van der Waals surface area contributed by atoms with Crippen LogP contribution in [-0.4, -0.2) is 24.6 Å². The molecule has 0 radical (unpaired) electrons. The van der Waals surface area contributed by atoms with Gasteiger partial charge in [0.25, 0.3) is 0 Å². The average molecular weight is 165 g/mol. The third-order valence-corrected chi connectivity index (χ3v) is 1.58. The Morgan fingerprint density at radius 1 is 1.42 bits per heavy atom. The fourth-order valence-electron chi connectivity index (χ4n) is 1.00. The molecule has 0 aliphatic heterocycles. The third-order valence-electron chi connectivity index (χ3n) is 1.58. The molecule has 0 saturated carbocycles. The van der Waals surface area contributed by atoms with Crippen molar-refractivity contribution in [3.8, 4) is 0 Å². The Morgan fingerprint density at radius 2 is 2.25 bits per heavy atom. The van der Waals surface area contributed by atoms with Crippen molar-refractivity contribution >= 4 is 17.0 Å². The molecular weight excluding hydrogens is 158 g/mol. The number of aromatic nitrogens is 4. The van der Waals surface area contributed by atoms with Crippen LogP contribution in [0.2, 0.25) is 0 Å². The Hall–Kier alpha value is -1.69. The molecule has 0 aliphatic carbocycles. The maximum absolute atomic E-state index is 8.84. The normalized spacial score (nSPS) is 10.8. The first-order valence-corrected chi connectivity index (χ1v) is 3.35. The highest BCUT2D eigenvalue weighted by Crippen LogP contribution is 2.12. The summed E-state index contributed by atoms with van der Waals surface area (Å²) >= 11 is 0. The van der Waals surface area contributed by atoms with E-state index in [4.69, 9.17) is 10.8 Å². The molecule has 0 spiro atoms. The summed E-state index contributed by atoms with van der Waals surface area (Å²) in [4.78, 5) is 11.6. The fourth-order valence-corrected chi connectivity index (χ4v) is 1.00. The summed E-state index contributed by atoms with van der Waals surface area (Å²) in [7, 11) is 0. The Labute approximate surface area is 67.7 Å². The minimum absolute atomic E-state index is 0.160. The summed E-state index contributed by atoms with van der Waals surface area (Å²) in [5.74, 6) is 0.326. The zero-order valence-corrected chi connectivity index (χ0v) is 6.18. The van der Waals surface area contributed by atoms with Crippen LogP contribution in [0.15, 0.2) is 12.7 Å².